The minimum atomic E-state index is -0.874. The maximum Gasteiger partial charge on any atom is 0.324 e. The number of nitrogens with zero attached hydrogens (tertiary/aromatic N) is 3. The minimum Gasteiger partial charge on any atom is -0.464 e. The average molecular weight is 267 g/mol. The fourth-order valence-electron chi connectivity index (χ4n) is 2.53. The number of carbonyl (C=O) groups is 1. The molecule has 5 nitrogen and oxygen atoms in total. The van der Waals surface area contributed by atoms with Gasteiger partial charge in [-0.1, -0.05) is 24.3 Å². The molecule has 3 aliphatic carbocycles. The molecular formula is C15H13N3O2. The first-order valence-corrected chi connectivity index (χ1v) is 6.75. The second-order valence-corrected chi connectivity index (χ2v) is 5.43. The molecule has 4 rings (SSSR count). The van der Waals surface area contributed by atoms with E-state index in [-0.39, 0.29) is 5.97 Å². The van der Waals surface area contributed by atoms with Crippen LogP contribution >= 0.6 is 0 Å². The summed E-state index contributed by atoms with van der Waals surface area (Å²) in [6.07, 6.45) is 13.5. The summed E-state index contributed by atoms with van der Waals surface area (Å²) < 4.78 is 5.49. The minimum absolute atomic E-state index is 0.245. The van der Waals surface area contributed by atoms with Crippen LogP contribution in [0, 0.1) is 11.3 Å². The Labute approximate surface area is 116 Å². The van der Waals surface area contributed by atoms with Crippen LogP contribution in [-0.4, -0.2) is 18.3 Å². The molecular weight excluding hydrogens is 254 g/mol. The lowest BCUT2D eigenvalue weighted by molar-refractivity contribution is -0.149. The van der Waals surface area contributed by atoms with Gasteiger partial charge in [0.2, 0.25) is 0 Å². The highest BCUT2D eigenvalue weighted by atomic mass is 16.5. The van der Waals surface area contributed by atoms with Crippen LogP contribution in [0.25, 0.3) is 0 Å². The van der Waals surface area contributed by atoms with E-state index in [4.69, 9.17) is 4.74 Å². The Balaban J connectivity index is 1.70. The number of hydrogen-bond acceptors (Lipinski definition) is 5. The number of fused-ring (bicyclic) bond motifs is 2. The van der Waals surface area contributed by atoms with Crippen LogP contribution in [0.2, 0.25) is 0 Å². The Morgan fingerprint density at radius 2 is 2.30 bits per heavy atom. The van der Waals surface area contributed by atoms with Crippen molar-refractivity contribution in [3.63, 3.8) is 0 Å². The first-order valence-electron chi connectivity index (χ1n) is 6.75. The monoisotopic (exact) mass is 267 g/mol. The summed E-state index contributed by atoms with van der Waals surface area (Å²) in [5.74, 6) is 0.301. The van der Waals surface area contributed by atoms with E-state index in [1.54, 1.807) is 6.08 Å². The van der Waals surface area contributed by atoms with Crippen molar-refractivity contribution in [2.45, 2.75) is 12.8 Å². The van der Waals surface area contributed by atoms with E-state index in [9.17, 15) is 4.79 Å². The van der Waals surface area contributed by atoms with Gasteiger partial charge in [0.15, 0.2) is 0 Å². The Hall–Kier alpha value is -2.30. The van der Waals surface area contributed by atoms with Crippen LogP contribution in [-0.2, 0) is 9.53 Å². The highest BCUT2D eigenvalue weighted by Gasteiger charge is 2.43. The SMILES string of the molecule is O=C(OCC1CC1)C12C=CC=CC1=CC1=NN=NC1=C2. The molecule has 20 heavy (non-hydrogen) atoms. The normalized spacial score (nSPS) is 29.3. The summed E-state index contributed by atoms with van der Waals surface area (Å²) >= 11 is 0. The highest BCUT2D eigenvalue weighted by Crippen LogP contribution is 2.42. The lowest BCUT2D eigenvalue weighted by Crippen LogP contribution is -2.35. The van der Waals surface area contributed by atoms with Crippen LogP contribution in [0.4, 0.5) is 0 Å². The third-order valence-electron chi connectivity index (χ3n) is 3.93. The quantitative estimate of drug-likeness (QED) is 0.738. The zero-order valence-corrected chi connectivity index (χ0v) is 10.8. The number of rotatable bonds is 3. The van der Waals surface area contributed by atoms with E-state index in [1.807, 2.05) is 30.4 Å². The second kappa shape index (κ2) is 4.10. The molecule has 0 amide bonds. The molecule has 0 N–H and O–H groups in total. The summed E-state index contributed by atoms with van der Waals surface area (Å²) in [4.78, 5) is 12.6. The molecule has 1 fully saturated rings. The van der Waals surface area contributed by atoms with Gasteiger partial charge in [-0.2, -0.15) is 0 Å². The summed E-state index contributed by atoms with van der Waals surface area (Å²) in [6.45, 7) is 0.511. The summed E-state index contributed by atoms with van der Waals surface area (Å²) in [5, 5.41) is 11.6. The third kappa shape index (κ3) is 1.70. The summed E-state index contributed by atoms with van der Waals surface area (Å²) in [7, 11) is 0. The number of hydrogen-bond donors (Lipinski definition) is 0. The number of esters is 1. The van der Waals surface area contributed by atoms with E-state index in [1.165, 1.54) is 0 Å². The van der Waals surface area contributed by atoms with Crippen molar-refractivity contribution in [3.05, 3.63) is 47.7 Å². The molecule has 0 spiro atoms. The van der Waals surface area contributed by atoms with Gasteiger partial charge < -0.3 is 4.74 Å². The molecule has 0 saturated heterocycles. The number of ether oxygens (including phenoxy) is 1. The van der Waals surface area contributed by atoms with Crippen molar-refractivity contribution in [2.75, 3.05) is 6.61 Å². The van der Waals surface area contributed by atoms with Gasteiger partial charge in [-0.25, -0.2) is 0 Å². The Kier molecular flexibility index (Phi) is 2.36. The van der Waals surface area contributed by atoms with Gasteiger partial charge in [0.25, 0.3) is 0 Å². The van der Waals surface area contributed by atoms with E-state index in [0.29, 0.717) is 23.9 Å². The number of carbonyl (C=O) groups excluding carboxylic acids is 1. The molecule has 5 heteroatoms. The van der Waals surface area contributed by atoms with Crippen LogP contribution < -0.4 is 0 Å². The zero-order chi connectivity index (χ0) is 13.6. The molecule has 4 aliphatic rings. The van der Waals surface area contributed by atoms with E-state index < -0.39 is 5.41 Å². The Morgan fingerprint density at radius 1 is 1.40 bits per heavy atom. The first-order chi connectivity index (χ1) is 9.78. The maximum atomic E-state index is 12.6. The highest BCUT2D eigenvalue weighted by molar-refractivity contribution is 6.12. The lowest BCUT2D eigenvalue weighted by Gasteiger charge is -2.31. The van der Waals surface area contributed by atoms with Gasteiger partial charge in [-0.3, -0.25) is 4.79 Å². The molecule has 100 valence electrons. The zero-order valence-electron chi connectivity index (χ0n) is 10.8. The lowest BCUT2D eigenvalue weighted by atomic mass is 9.73. The topological polar surface area (TPSA) is 63.4 Å². The van der Waals surface area contributed by atoms with Crippen LogP contribution in [0.5, 0.6) is 0 Å². The molecule has 1 unspecified atom stereocenters. The first kappa shape index (κ1) is 11.5. The smallest absolute Gasteiger partial charge is 0.324 e. The predicted molar refractivity (Wildman–Crippen MR) is 72.9 cm³/mol. The Bertz CT molecular complexity index is 663. The fourth-order valence-corrected chi connectivity index (χ4v) is 2.53. The van der Waals surface area contributed by atoms with Crippen molar-refractivity contribution in [3.8, 4) is 0 Å². The van der Waals surface area contributed by atoms with Gasteiger partial charge in [0.05, 0.1) is 6.61 Å². The van der Waals surface area contributed by atoms with E-state index >= 15 is 0 Å². The fraction of sp³-hybridized carbons (Fsp3) is 0.333. The molecule has 0 aromatic rings. The van der Waals surface area contributed by atoms with Gasteiger partial charge >= 0.3 is 5.97 Å². The van der Waals surface area contributed by atoms with E-state index in [0.717, 1.165) is 18.4 Å². The van der Waals surface area contributed by atoms with Crippen LogP contribution in [0.3, 0.4) is 0 Å². The third-order valence-corrected chi connectivity index (χ3v) is 3.93. The van der Waals surface area contributed by atoms with Gasteiger partial charge in [-0.15, -0.1) is 10.2 Å². The number of allylic oxidation sites excluding steroid dienone is 4. The van der Waals surface area contributed by atoms with Gasteiger partial charge in [0.1, 0.15) is 16.8 Å². The molecule has 0 bridgehead atoms. The van der Waals surface area contributed by atoms with Crippen molar-refractivity contribution >= 4 is 11.7 Å². The Morgan fingerprint density at radius 3 is 3.15 bits per heavy atom. The standard InChI is InChI=1S/C15H13N3O2/c19-14(20-9-10-4-5-10)15-6-2-1-3-11(15)7-12-13(8-15)17-18-16-12/h1-3,6-8,10H,4-5,9H2. The van der Waals surface area contributed by atoms with E-state index in [2.05, 4.69) is 15.4 Å². The summed E-state index contributed by atoms with van der Waals surface area (Å²) in [6, 6.07) is 0. The van der Waals surface area contributed by atoms with Crippen molar-refractivity contribution in [1.82, 2.24) is 0 Å². The molecule has 1 heterocycles. The summed E-state index contributed by atoms with van der Waals surface area (Å²) in [5.41, 5.74) is 1.32. The largest absolute Gasteiger partial charge is 0.464 e. The second-order valence-electron chi connectivity index (χ2n) is 5.43. The van der Waals surface area contributed by atoms with Crippen LogP contribution in [0.15, 0.2) is 63.2 Å². The molecule has 0 aromatic heterocycles. The van der Waals surface area contributed by atoms with Crippen molar-refractivity contribution in [1.29, 1.82) is 0 Å². The van der Waals surface area contributed by atoms with Crippen molar-refractivity contribution in [2.24, 2.45) is 26.8 Å². The predicted octanol–water partition coefficient (Wildman–Crippen LogP) is 2.70. The average Bonchev–Trinajstić information content (AvgIpc) is 3.19. The molecule has 1 aliphatic heterocycles. The van der Waals surface area contributed by atoms with Gasteiger partial charge in [-0.05, 0) is 41.7 Å². The molecule has 0 aromatic carbocycles. The van der Waals surface area contributed by atoms with Gasteiger partial charge in [0, 0.05) is 0 Å². The molecule has 1 saturated carbocycles. The maximum absolute atomic E-state index is 12.6. The molecule has 0 radical (unpaired) electrons. The van der Waals surface area contributed by atoms with Crippen LogP contribution in [0.1, 0.15) is 12.8 Å². The van der Waals surface area contributed by atoms with Crippen molar-refractivity contribution < 1.29 is 9.53 Å². The molecule has 1 atom stereocenters.